The van der Waals surface area contributed by atoms with Gasteiger partial charge < -0.3 is 31.5 Å². The highest BCUT2D eigenvalue weighted by Gasteiger charge is 2.21. The molecule has 0 bridgehead atoms. The molecule has 1 aliphatic heterocycles. The van der Waals surface area contributed by atoms with Crippen LogP contribution in [0.15, 0.2) is 36.4 Å². The number of nitrogens with one attached hydrogen (secondary N) is 2. The van der Waals surface area contributed by atoms with Gasteiger partial charge in [-0.2, -0.15) is 0 Å². The van der Waals surface area contributed by atoms with Gasteiger partial charge in [0.15, 0.2) is 5.96 Å². The van der Waals surface area contributed by atoms with Crippen LogP contribution in [0.4, 0.5) is 0 Å². The Morgan fingerprint density at radius 2 is 1.97 bits per heavy atom. The Morgan fingerprint density at radius 1 is 1.31 bits per heavy atom. The second-order valence-electron chi connectivity index (χ2n) is 8.26. The van der Waals surface area contributed by atoms with Crippen LogP contribution in [-0.2, 0) is 0 Å². The molecule has 32 heavy (non-hydrogen) atoms. The Hall–Kier alpha value is -3.20. The summed E-state index contributed by atoms with van der Waals surface area (Å²) in [7, 11) is 5.94. The molecule has 7 N–H and O–H groups in total. The van der Waals surface area contributed by atoms with Crippen LogP contribution in [0, 0.1) is 18.3 Å². The van der Waals surface area contributed by atoms with Crippen LogP contribution in [0.1, 0.15) is 40.4 Å². The first kappa shape index (κ1) is 23.5. The zero-order chi connectivity index (χ0) is 23.3. The maximum Gasteiger partial charge on any atom is 0.251 e. The van der Waals surface area contributed by atoms with Crippen LogP contribution in [0.3, 0.4) is 0 Å². The lowest BCUT2D eigenvalue weighted by molar-refractivity contribution is 0.0940. The van der Waals surface area contributed by atoms with Gasteiger partial charge in [0.2, 0.25) is 0 Å². The summed E-state index contributed by atoms with van der Waals surface area (Å²) in [6.45, 7) is 4.06. The number of phenols is 1. The molecule has 2 aromatic carbocycles. The van der Waals surface area contributed by atoms with Gasteiger partial charge in [0.25, 0.3) is 5.91 Å². The van der Waals surface area contributed by atoms with E-state index < -0.39 is 0 Å². The summed E-state index contributed by atoms with van der Waals surface area (Å²) >= 11 is 0. The number of nitrogens with zero attached hydrogens (tertiary/aromatic N) is 1. The highest BCUT2D eigenvalue weighted by molar-refractivity contribution is 6.36. The number of carbonyl (C=O) groups excluding carboxylic acids is 1. The molecule has 2 aromatic rings. The Kier molecular flexibility index (Phi) is 7.64. The number of hydrogen-bond donors (Lipinski definition) is 5. The molecule has 1 amide bonds. The molecule has 168 valence electrons. The van der Waals surface area contributed by atoms with E-state index in [0.29, 0.717) is 25.6 Å². The monoisotopic (exact) mass is 435 g/mol. The fraction of sp³-hybridized carbons (Fsp3) is 0.391. The molecule has 1 heterocycles. The minimum atomic E-state index is -0.379. The van der Waals surface area contributed by atoms with Gasteiger partial charge in [-0.1, -0.05) is 29.8 Å². The van der Waals surface area contributed by atoms with E-state index in [1.807, 2.05) is 36.1 Å². The molecule has 1 fully saturated rings. The van der Waals surface area contributed by atoms with Gasteiger partial charge in [-0.05, 0) is 48.8 Å². The minimum Gasteiger partial charge on any atom is -0.508 e. The van der Waals surface area contributed by atoms with Gasteiger partial charge in [0.1, 0.15) is 26.0 Å². The topological polar surface area (TPSA) is 138 Å². The lowest BCUT2D eigenvalue weighted by atomic mass is 9.92. The van der Waals surface area contributed by atoms with Crippen LogP contribution in [0.5, 0.6) is 11.5 Å². The van der Waals surface area contributed by atoms with E-state index >= 15 is 0 Å². The number of aryl methyl sites for hydroxylation is 1. The highest BCUT2D eigenvalue weighted by Crippen LogP contribution is 2.21. The third kappa shape index (κ3) is 5.94. The fourth-order valence-corrected chi connectivity index (χ4v) is 3.67. The summed E-state index contributed by atoms with van der Waals surface area (Å²) in [6, 6.07) is 10.3. The first-order valence-electron chi connectivity index (χ1n) is 10.7. The lowest BCUT2D eigenvalue weighted by Crippen LogP contribution is -2.44. The van der Waals surface area contributed by atoms with Crippen LogP contribution in [-0.4, -0.2) is 56.0 Å². The molecule has 2 radical (unpaired) electrons. The molecule has 1 atom stereocenters. The molecule has 0 aliphatic carbocycles. The molecule has 1 saturated heterocycles. The van der Waals surface area contributed by atoms with Crippen molar-refractivity contribution in [2.45, 2.75) is 25.8 Å². The van der Waals surface area contributed by atoms with Gasteiger partial charge in [-0.15, -0.1) is 0 Å². The molecule has 0 aromatic heterocycles. The van der Waals surface area contributed by atoms with Crippen molar-refractivity contribution >= 4 is 25.2 Å². The van der Waals surface area contributed by atoms with Gasteiger partial charge in [-0.25, -0.2) is 0 Å². The van der Waals surface area contributed by atoms with Crippen molar-refractivity contribution < 1.29 is 14.6 Å². The third-order valence-corrected chi connectivity index (χ3v) is 5.81. The number of likely N-dealkylation sites (tertiary alicyclic amines) is 1. The van der Waals surface area contributed by atoms with Crippen molar-refractivity contribution in [1.82, 2.24) is 10.2 Å². The first-order valence-corrected chi connectivity index (χ1v) is 10.7. The van der Waals surface area contributed by atoms with Crippen LogP contribution >= 0.6 is 0 Å². The Bertz CT molecular complexity index is 959. The average molecular weight is 435 g/mol. The third-order valence-electron chi connectivity index (χ3n) is 5.81. The van der Waals surface area contributed by atoms with Crippen molar-refractivity contribution in [3.63, 3.8) is 0 Å². The maximum absolute atomic E-state index is 12.7. The summed E-state index contributed by atoms with van der Waals surface area (Å²) in [5.74, 6) is 0.0698. The molecule has 8 nitrogen and oxygen atoms in total. The Labute approximate surface area is 189 Å². The number of amides is 1. The molecule has 1 aliphatic rings. The second-order valence-corrected chi connectivity index (χ2v) is 8.26. The number of aromatic hydroxyl groups is 1. The minimum absolute atomic E-state index is 0.0641. The number of hydrogen-bond acceptors (Lipinski definition) is 5. The van der Waals surface area contributed by atoms with Crippen LogP contribution < -0.4 is 27.0 Å². The van der Waals surface area contributed by atoms with E-state index in [-0.39, 0.29) is 47.0 Å². The van der Waals surface area contributed by atoms with Gasteiger partial charge in [0, 0.05) is 25.2 Å². The molecular formula is C23H30BN5O3. The van der Waals surface area contributed by atoms with Crippen molar-refractivity contribution in [3.8, 4) is 11.5 Å². The summed E-state index contributed by atoms with van der Waals surface area (Å²) in [4.78, 5) is 14.5. The number of carbonyl (C=O) groups is 1. The van der Waals surface area contributed by atoms with E-state index in [4.69, 9.17) is 29.5 Å². The van der Waals surface area contributed by atoms with E-state index in [0.717, 1.165) is 24.0 Å². The number of nitrogens with two attached hydrogens (primary N) is 2. The normalized spacial score (nSPS) is 15.2. The zero-order valence-corrected chi connectivity index (χ0v) is 18.3. The summed E-state index contributed by atoms with van der Waals surface area (Å²) in [5, 5.41) is 20.6. The largest absolute Gasteiger partial charge is 0.508 e. The molecule has 3 rings (SSSR count). The number of piperidine rings is 1. The maximum atomic E-state index is 12.7. The summed E-state index contributed by atoms with van der Waals surface area (Å²) < 4.78 is 5.76. The molecule has 0 unspecified atom stereocenters. The average Bonchev–Trinajstić information content (AvgIpc) is 2.78. The number of benzene rings is 2. The Morgan fingerprint density at radius 3 is 2.59 bits per heavy atom. The number of phenolic OH excluding ortho intramolecular Hbond substituents is 1. The van der Waals surface area contributed by atoms with Crippen LogP contribution in [0.25, 0.3) is 0 Å². The van der Waals surface area contributed by atoms with E-state index in [1.54, 1.807) is 0 Å². The number of guanidine groups is 1. The van der Waals surface area contributed by atoms with Gasteiger partial charge in [-0.3, -0.25) is 10.2 Å². The predicted octanol–water partition coefficient (Wildman–Crippen LogP) is 0.908. The van der Waals surface area contributed by atoms with Crippen LogP contribution in [0.2, 0.25) is 0 Å². The highest BCUT2D eigenvalue weighted by atomic mass is 16.5. The van der Waals surface area contributed by atoms with Gasteiger partial charge >= 0.3 is 0 Å². The standard InChI is InChI=1S/C23H30BN5O3/c1-14-2-4-16(5-3-14)18(25)13-32-20-11-17(10-19(30)21(20)24)22(31)28-12-15-6-8-29(9-7-15)23(26)27/h2-5,10-11,15,18,30H,6-9,12-13,25H2,1H3,(H3,26,27)(H,28,31)/t18-/m1/s1. The zero-order valence-electron chi connectivity index (χ0n) is 18.3. The molecule has 9 heteroatoms. The predicted molar refractivity (Wildman–Crippen MR) is 126 cm³/mol. The number of ether oxygens (including phenoxy) is 1. The van der Waals surface area contributed by atoms with Gasteiger partial charge in [0.05, 0.1) is 6.04 Å². The lowest BCUT2D eigenvalue weighted by Gasteiger charge is -2.32. The van der Waals surface area contributed by atoms with E-state index in [9.17, 15) is 9.90 Å². The van der Waals surface area contributed by atoms with Crippen molar-refractivity contribution in [3.05, 3.63) is 53.1 Å². The molecule has 0 spiro atoms. The summed E-state index contributed by atoms with van der Waals surface area (Å²) in [5.41, 5.74) is 14.1. The van der Waals surface area contributed by atoms with E-state index in [1.165, 1.54) is 12.1 Å². The molecular weight excluding hydrogens is 405 g/mol. The quantitative estimate of drug-likeness (QED) is 0.249. The first-order chi connectivity index (χ1) is 15.2. The van der Waals surface area contributed by atoms with Crippen molar-refractivity contribution in [2.75, 3.05) is 26.2 Å². The summed E-state index contributed by atoms with van der Waals surface area (Å²) in [6.07, 6.45) is 1.69. The second kappa shape index (κ2) is 10.4. The smallest absolute Gasteiger partial charge is 0.251 e. The van der Waals surface area contributed by atoms with Crippen molar-refractivity contribution in [1.29, 1.82) is 5.41 Å². The molecule has 0 saturated carbocycles. The van der Waals surface area contributed by atoms with E-state index in [2.05, 4.69) is 5.32 Å². The SMILES string of the molecule is [B]c1c(O)cc(C(=O)NCC2CCN(C(=N)N)CC2)cc1OC[C@@H](N)c1ccc(C)cc1. The fourth-order valence-electron chi connectivity index (χ4n) is 3.67. The number of rotatable bonds is 7. The van der Waals surface area contributed by atoms with Crippen molar-refractivity contribution in [2.24, 2.45) is 17.4 Å². The Balaban J connectivity index is 1.58.